The number of carbonyl (C=O) groups is 2. The van der Waals surface area contributed by atoms with Crippen molar-refractivity contribution in [2.75, 3.05) is 6.54 Å². The molecule has 0 aliphatic carbocycles. The molecular weight excluding hydrogens is 441 g/mol. The molecule has 1 fully saturated rings. The number of carbonyl (C=O) groups excluding carboxylic acids is 2. The first-order chi connectivity index (χ1) is 15.9. The molecule has 0 aromatic heterocycles. The van der Waals surface area contributed by atoms with Crippen molar-refractivity contribution in [3.8, 4) is 0 Å². The predicted molar refractivity (Wildman–Crippen MR) is 139 cm³/mol. The second-order valence-electron chi connectivity index (χ2n) is 10.7. The van der Waals surface area contributed by atoms with Crippen LogP contribution in [0, 0.1) is 0 Å². The molecule has 5 nitrogen and oxygen atoms in total. The number of benzene rings is 2. The summed E-state index contributed by atoms with van der Waals surface area (Å²) in [5.74, 6) is 1.76. The maximum atomic E-state index is 12.8. The molecule has 0 bridgehead atoms. The van der Waals surface area contributed by atoms with E-state index in [1.165, 1.54) is 15.3 Å². The lowest BCUT2D eigenvalue weighted by Gasteiger charge is -2.32. The van der Waals surface area contributed by atoms with Gasteiger partial charge < -0.3 is 9.31 Å². The standard InChI is InChI=1S/C27H34BNO4Si/c1-26(2)27(3,4)33-28(32-26)19-21(34(5,6)20-13-8-7-9-14-20)15-12-18-29-24(30)22-16-10-11-17-23(22)25(29)31/h7-11,13-14,16-17,19H,12,15,18H2,1-6H3/b21-19-. The molecular formula is C27H34BNO4Si. The van der Waals surface area contributed by atoms with E-state index in [2.05, 4.69) is 71.0 Å². The van der Waals surface area contributed by atoms with Crippen LogP contribution in [0.1, 0.15) is 61.3 Å². The lowest BCUT2D eigenvalue weighted by atomic mass is 9.89. The first-order valence-electron chi connectivity index (χ1n) is 12.0. The molecule has 0 saturated carbocycles. The van der Waals surface area contributed by atoms with E-state index in [-0.39, 0.29) is 11.8 Å². The third kappa shape index (κ3) is 4.44. The van der Waals surface area contributed by atoms with Crippen LogP contribution in [0.25, 0.3) is 0 Å². The van der Waals surface area contributed by atoms with Crippen LogP contribution in [0.3, 0.4) is 0 Å². The lowest BCUT2D eigenvalue weighted by Crippen LogP contribution is -2.44. The number of imide groups is 1. The normalized spacial score (nSPS) is 19.6. The molecule has 178 valence electrons. The van der Waals surface area contributed by atoms with Crippen molar-refractivity contribution in [1.29, 1.82) is 0 Å². The second kappa shape index (κ2) is 8.95. The number of allylic oxidation sites excluding steroid dienone is 1. The van der Waals surface area contributed by atoms with E-state index in [0.29, 0.717) is 24.1 Å². The smallest absolute Gasteiger partial charge is 0.400 e. The Labute approximate surface area is 204 Å². The molecule has 2 aromatic carbocycles. The van der Waals surface area contributed by atoms with Gasteiger partial charge in [-0.15, -0.1) is 0 Å². The summed E-state index contributed by atoms with van der Waals surface area (Å²) in [4.78, 5) is 26.9. The summed E-state index contributed by atoms with van der Waals surface area (Å²) in [6, 6.07) is 17.6. The van der Waals surface area contributed by atoms with Crippen LogP contribution < -0.4 is 5.19 Å². The predicted octanol–water partition coefficient (Wildman–Crippen LogP) is 4.78. The summed E-state index contributed by atoms with van der Waals surface area (Å²) in [6.07, 6.45) is 1.46. The fraction of sp³-hybridized carbons (Fsp3) is 0.407. The Kier molecular flexibility index (Phi) is 6.49. The van der Waals surface area contributed by atoms with Gasteiger partial charge in [-0.1, -0.05) is 71.9 Å². The van der Waals surface area contributed by atoms with Crippen LogP contribution in [-0.4, -0.2) is 49.7 Å². The van der Waals surface area contributed by atoms with E-state index < -0.39 is 26.4 Å². The fourth-order valence-electron chi connectivity index (χ4n) is 4.64. The van der Waals surface area contributed by atoms with Gasteiger partial charge in [0.15, 0.2) is 0 Å². The average Bonchev–Trinajstić information content (AvgIpc) is 3.15. The Morgan fingerprint density at radius 3 is 1.91 bits per heavy atom. The highest BCUT2D eigenvalue weighted by atomic mass is 28.3. The van der Waals surface area contributed by atoms with Crippen LogP contribution in [-0.2, 0) is 9.31 Å². The number of fused-ring (bicyclic) bond motifs is 1. The van der Waals surface area contributed by atoms with E-state index in [1.54, 1.807) is 24.3 Å². The SMILES string of the molecule is CC1(C)OB(/C=C(/CCCN2C(=O)c3ccccc3C2=O)[Si](C)(C)c2ccccc2)OC1(C)C. The van der Waals surface area contributed by atoms with Gasteiger partial charge in [0, 0.05) is 6.54 Å². The third-order valence-electron chi connectivity index (χ3n) is 7.61. The zero-order valence-electron chi connectivity index (χ0n) is 21.1. The maximum Gasteiger partial charge on any atom is 0.486 e. The van der Waals surface area contributed by atoms with Gasteiger partial charge in [0.1, 0.15) is 8.07 Å². The summed E-state index contributed by atoms with van der Waals surface area (Å²) < 4.78 is 12.6. The van der Waals surface area contributed by atoms with Gasteiger partial charge in [-0.3, -0.25) is 14.5 Å². The van der Waals surface area contributed by atoms with E-state index in [4.69, 9.17) is 9.31 Å². The van der Waals surface area contributed by atoms with Crippen LogP contribution in [0.2, 0.25) is 13.1 Å². The number of nitrogens with zero attached hydrogens (tertiary/aromatic N) is 1. The maximum absolute atomic E-state index is 12.8. The minimum Gasteiger partial charge on any atom is -0.400 e. The third-order valence-corrected chi connectivity index (χ3v) is 11.4. The monoisotopic (exact) mass is 475 g/mol. The zero-order chi connectivity index (χ0) is 24.7. The van der Waals surface area contributed by atoms with Crippen molar-refractivity contribution in [3.05, 3.63) is 76.9 Å². The summed E-state index contributed by atoms with van der Waals surface area (Å²) in [7, 11) is -2.45. The van der Waals surface area contributed by atoms with Crippen molar-refractivity contribution in [2.24, 2.45) is 0 Å². The largest absolute Gasteiger partial charge is 0.486 e. The molecule has 0 unspecified atom stereocenters. The Balaban J connectivity index is 1.55. The summed E-state index contributed by atoms with van der Waals surface area (Å²) in [6.45, 7) is 13.3. The quantitative estimate of drug-likeness (QED) is 0.428. The topological polar surface area (TPSA) is 55.8 Å². The number of amides is 2. The number of hydrogen-bond acceptors (Lipinski definition) is 4. The van der Waals surface area contributed by atoms with Gasteiger partial charge in [0.2, 0.25) is 0 Å². The minimum atomic E-state index is -2.03. The van der Waals surface area contributed by atoms with Crippen LogP contribution in [0.5, 0.6) is 0 Å². The highest BCUT2D eigenvalue weighted by molar-refractivity contribution is 6.96. The molecule has 0 N–H and O–H groups in total. The summed E-state index contributed by atoms with van der Waals surface area (Å²) >= 11 is 0. The van der Waals surface area contributed by atoms with Gasteiger partial charge in [0.25, 0.3) is 11.8 Å². The van der Waals surface area contributed by atoms with Crippen molar-refractivity contribution in [1.82, 2.24) is 4.90 Å². The first kappa shape index (κ1) is 24.6. The van der Waals surface area contributed by atoms with Crippen LogP contribution in [0.4, 0.5) is 0 Å². The average molecular weight is 475 g/mol. The van der Waals surface area contributed by atoms with Crippen molar-refractivity contribution >= 4 is 32.2 Å². The molecule has 34 heavy (non-hydrogen) atoms. The second-order valence-corrected chi connectivity index (χ2v) is 15.2. The van der Waals surface area contributed by atoms with Crippen molar-refractivity contribution in [2.45, 2.75) is 64.8 Å². The Bertz CT molecular complexity index is 1080. The minimum absolute atomic E-state index is 0.198. The molecule has 2 aliphatic rings. The molecule has 0 radical (unpaired) electrons. The fourth-order valence-corrected chi connectivity index (χ4v) is 7.39. The zero-order valence-corrected chi connectivity index (χ0v) is 22.1. The summed E-state index contributed by atoms with van der Waals surface area (Å²) in [5.41, 5.74) is 0.189. The number of rotatable bonds is 7. The lowest BCUT2D eigenvalue weighted by molar-refractivity contribution is 0.00578. The Morgan fingerprint density at radius 1 is 0.882 bits per heavy atom. The molecule has 0 spiro atoms. The number of hydrogen-bond donors (Lipinski definition) is 0. The van der Waals surface area contributed by atoms with E-state index >= 15 is 0 Å². The Morgan fingerprint density at radius 2 is 1.38 bits per heavy atom. The highest BCUT2D eigenvalue weighted by Gasteiger charge is 2.50. The van der Waals surface area contributed by atoms with Crippen LogP contribution in [0.15, 0.2) is 65.8 Å². The molecule has 2 aromatic rings. The first-order valence-corrected chi connectivity index (χ1v) is 15.0. The highest BCUT2D eigenvalue weighted by Crippen LogP contribution is 2.38. The van der Waals surface area contributed by atoms with Crippen molar-refractivity contribution in [3.63, 3.8) is 0 Å². The summed E-state index contributed by atoms with van der Waals surface area (Å²) in [5, 5.41) is 2.63. The molecule has 2 amide bonds. The van der Waals surface area contributed by atoms with Gasteiger partial charge in [-0.25, -0.2) is 0 Å². The van der Waals surface area contributed by atoms with Crippen LogP contribution >= 0.6 is 0 Å². The molecule has 2 aliphatic heterocycles. The molecule has 4 rings (SSSR count). The van der Waals surface area contributed by atoms with Gasteiger partial charge in [0.05, 0.1) is 22.3 Å². The van der Waals surface area contributed by atoms with Crippen molar-refractivity contribution < 1.29 is 18.9 Å². The van der Waals surface area contributed by atoms with E-state index in [0.717, 1.165) is 6.42 Å². The van der Waals surface area contributed by atoms with Gasteiger partial charge in [-0.05, 0) is 52.7 Å². The van der Waals surface area contributed by atoms with E-state index in [9.17, 15) is 9.59 Å². The molecule has 1 saturated heterocycles. The molecule has 7 heteroatoms. The van der Waals surface area contributed by atoms with Gasteiger partial charge >= 0.3 is 7.12 Å². The van der Waals surface area contributed by atoms with Gasteiger partial charge in [-0.2, -0.15) is 0 Å². The molecule has 0 atom stereocenters. The molecule has 2 heterocycles. The van der Waals surface area contributed by atoms with E-state index in [1.807, 2.05) is 6.07 Å². The Hall–Kier alpha value is -2.48.